The molecule has 8 nitrogen and oxygen atoms in total. The molecule has 0 heterocycles. The molecule has 0 aromatic heterocycles. The summed E-state index contributed by atoms with van der Waals surface area (Å²) in [7, 11) is 1.56. The predicted octanol–water partition coefficient (Wildman–Crippen LogP) is 1.39. The van der Waals surface area contributed by atoms with E-state index < -0.39 is 10.8 Å². The van der Waals surface area contributed by atoms with Crippen LogP contribution in [0.4, 0.5) is 5.69 Å². The lowest BCUT2D eigenvalue weighted by Crippen LogP contribution is -2.50. The zero-order valence-electron chi connectivity index (χ0n) is 11.9. The molecule has 0 fully saturated rings. The van der Waals surface area contributed by atoms with Crippen molar-refractivity contribution in [2.24, 2.45) is 0 Å². The summed E-state index contributed by atoms with van der Waals surface area (Å²) in [6.45, 7) is 2.28. The fourth-order valence-electron chi connectivity index (χ4n) is 1.53. The number of nitrogens with one attached hydrogen (secondary N) is 3. The Bertz CT molecular complexity index is 584. The van der Waals surface area contributed by atoms with Gasteiger partial charge in [0.2, 0.25) is 0 Å². The van der Waals surface area contributed by atoms with Crippen molar-refractivity contribution >= 4 is 40.5 Å². The predicted molar refractivity (Wildman–Crippen MR) is 85.8 cm³/mol. The number of methoxy groups -OCH3 is 1. The van der Waals surface area contributed by atoms with Crippen LogP contribution < -0.4 is 16.2 Å². The third-order valence-electron chi connectivity index (χ3n) is 2.49. The van der Waals surface area contributed by atoms with Gasteiger partial charge in [0.25, 0.3) is 11.6 Å². The summed E-state index contributed by atoms with van der Waals surface area (Å²) in [5, 5.41) is 13.9. The monoisotopic (exact) mass is 346 g/mol. The summed E-state index contributed by atoms with van der Waals surface area (Å²) in [6, 6.07) is 3.53. The van der Waals surface area contributed by atoms with Gasteiger partial charge >= 0.3 is 0 Å². The summed E-state index contributed by atoms with van der Waals surface area (Å²) in [5.74, 6) is -0.641. The standard InChI is InChI=1S/C12H15ClN4O4S/c1-7(6-21-2)14-12(22)16-15-11(18)9-5-8(17(19)20)3-4-10(9)13/h3-5,7H,6H2,1-2H3,(H,15,18)(H2,14,16,22)/t7-/m0/s1. The van der Waals surface area contributed by atoms with Crippen LogP contribution in [0.2, 0.25) is 5.02 Å². The van der Waals surface area contributed by atoms with Crippen LogP contribution in [0.1, 0.15) is 17.3 Å². The van der Waals surface area contributed by atoms with Crippen LogP contribution in [0.5, 0.6) is 0 Å². The van der Waals surface area contributed by atoms with Gasteiger partial charge in [-0.2, -0.15) is 0 Å². The number of nitro benzene ring substituents is 1. The lowest BCUT2D eigenvalue weighted by molar-refractivity contribution is -0.384. The molecule has 0 aliphatic rings. The fraction of sp³-hybridized carbons (Fsp3) is 0.333. The van der Waals surface area contributed by atoms with Gasteiger partial charge in [0.1, 0.15) is 0 Å². The van der Waals surface area contributed by atoms with Gasteiger partial charge < -0.3 is 10.1 Å². The quantitative estimate of drug-likeness (QED) is 0.420. The first kappa shape index (κ1) is 18.1. The summed E-state index contributed by atoms with van der Waals surface area (Å²) in [4.78, 5) is 22.1. The molecule has 1 aromatic rings. The highest BCUT2D eigenvalue weighted by Gasteiger charge is 2.16. The average Bonchev–Trinajstić information content (AvgIpc) is 2.45. The smallest absolute Gasteiger partial charge is 0.271 e. The van der Waals surface area contributed by atoms with Gasteiger partial charge in [-0.3, -0.25) is 25.8 Å². The topological polar surface area (TPSA) is 106 Å². The SMILES string of the molecule is COC[C@H](C)NC(=S)NNC(=O)c1cc([N+](=O)[O-])ccc1Cl. The molecule has 0 spiro atoms. The molecular formula is C12H15ClN4O4S. The molecule has 22 heavy (non-hydrogen) atoms. The minimum absolute atomic E-state index is 0.0314. The van der Waals surface area contributed by atoms with Crippen LogP contribution in [0.25, 0.3) is 0 Å². The first-order valence-corrected chi connectivity index (χ1v) is 6.93. The van der Waals surface area contributed by atoms with E-state index in [1.165, 1.54) is 12.1 Å². The molecule has 0 radical (unpaired) electrons. The minimum Gasteiger partial charge on any atom is -0.383 e. The molecule has 0 bridgehead atoms. The molecule has 0 aliphatic heterocycles. The van der Waals surface area contributed by atoms with Crippen molar-refractivity contribution in [1.82, 2.24) is 16.2 Å². The largest absolute Gasteiger partial charge is 0.383 e. The number of rotatable bonds is 5. The zero-order valence-corrected chi connectivity index (χ0v) is 13.5. The highest BCUT2D eigenvalue weighted by atomic mass is 35.5. The van der Waals surface area contributed by atoms with Crippen molar-refractivity contribution in [1.29, 1.82) is 0 Å². The first-order valence-electron chi connectivity index (χ1n) is 6.15. The fourth-order valence-corrected chi connectivity index (χ4v) is 1.99. The molecule has 0 saturated heterocycles. The number of hydrazine groups is 1. The van der Waals surface area contributed by atoms with Crippen molar-refractivity contribution < 1.29 is 14.5 Å². The molecule has 1 aromatic carbocycles. The number of amides is 1. The van der Waals surface area contributed by atoms with Gasteiger partial charge in [0, 0.05) is 25.3 Å². The van der Waals surface area contributed by atoms with Gasteiger partial charge in [-0.15, -0.1) is 0 Å². The van der Waals surface area contributed by atoms with Crippen LogP contribution >= 0.6 is 23.8 Å². The number of hydrogen-bond donors (Lipinski definition) is 3. The maximum Gasteiger partial charge on any atom is 0.271 e. The Kier molecular flexibility index (Phi) is 6.96. The minimum atomic E-state index is -0.641. The Morgan fingerprint density at radius 1 is 1.50 bits per heavy atom. The van der Waals surface area contributed by atoms with Crippen LogP contribution in [0.15, 0.2) is 18.2 Å². The second-order valence-electron chi connectivity index (χ2n) is 4.33. The third-order valence-corrected chi connectivity index (χ3v) is 3.04. The number of ether oxygens (including phenoxy) is 1. The molecule has 1 amide bonds. The third kappa shape index (κ3) is 5.43. The number of nitrogens with zero attached hydrogens (tertiary/aromatic N) is 1. The van der Waals surface area contributed by atoms with Gasteiger partial charge in [-0.05, 0) is 25.2 Å². The summed E-state index contributed by atoms with van der Waals surface area (Å²) >= 11 is 10.8. The van der Waals surface area contributed by atoms with E-state index in [1.807, 2.05) is 6.92 Å². The molecule has 0 saturated carbocycles. The molecule has 3 N–H and O–H groups in total. The maximum atomic E-state index is 12.0. The molecule has 1 atom stereocenters. The van der Waals surface area contributed by atoms with Crippen LogP contribution in [-0.2, 0) is 4.74 Å². The molecule has 120 valence electrons. The number of thiocarbonyl (C=S) groups is 1. The summed E-state index contributed by atoms with van der Waals surface area (Å²) in [5.41, 5.74) is 4.53. The number of non-ortho nitro benzene ring substituents is 1. The van der Waals surface area contributed by atoms with Crippen LogP contribution in [0.3, 0.4) is 0 Å². The summed E-state index contributed by atoms with van der Waals surface area (Å²) in [6.07, 6.45) is 0. The second-order valence-corrected chi connectivity index (χ2v) is 5.15. The van der Waals surface area contributed by atoms with E-state index in [-0.39, 0.29) is 27.4 Å². The van der Waals surface area contributed by atoms with Crippen molar-refractivity contribution in [3.05, 3.63) is 38.9 Å². The highest BCUT2D eigenvalue weighted by molar-refractivity contribution is 7.80. The van der Waals surface area contributed by atoms with Crippen molar-refractivity contribution in [2.75, 3.05) is 13.7 Å². The van der Waals surface area contributed by atoms with Gasteiger partial charge in [0.05, 0.1) is 22.1 Å². The van der Waals surface area contributed by atoms with Crippen LogP contribution in [0, 0.1) is 10.1 Å². The summed E-state index contributed by atoms with van der Waals surface area (Å²) < 4.78 is 4.93. The van der Waals surface area contributed by atoms with E-state index in [0.717, 1.165) is 6.07 Å². The van der Waals surface area contributed by atoms with Crippen LogP contribution in [-0.4, -0.2) is 35.7 Å². The number of nitro groups is 1. The number of carbonyl (C=O) groups is 1. The van der Waals surface area contributed by atoms with Gasteiger partial charge in [-0.1, -0.05) is 11.6 Å². The average molecular weight is 347 g/mol. The number of carbonyl (C=O) groups excluding carboxylic acids is 1. The number of hydrogen-bond acceptors (Lipinski definition) is 5. The van der Waals surface area contributed by atoms with Crippen molar-refractivity contribution in [3.8, 4) is 0 Å². The Balaban J connectivity index is 2.64. The Morgan fingerprint density at radius 2 is 2.18 bits per heavy atom. The van der Waals surface area contributed by atoms with Crippen molar-refractivity contribution in [3.63, 3.8) is 0 Å². The molecule has 0 unspecified atom stereocenters. The highest BCUT2D eigenvalue weighted by Crippen LogP contribution is 2.21. The normalized spacial score (nSPS) is 11.4. The van der Waals surface area contributed by atoms with E-state index in [4.69, 9.17) is 28.6 Å². The molecule has 1 rings (SSSR count). The number of halogens is 1. The van der Waals surface area contributed by atoms with E-state index in [1.54, 1.807) is 7.11 Å². The van der Waals surface area contributed by atoms with Gasteiger partial charge in [0.15, 0.2) is 5.11 Å². The van der Waals surface area contributed by atoms with Gasteiger partial charge in [-0.25, -0.2) is 0 Å². The molecule has 0 aliphatic carbocycles. The van der Waals surface area contributed by atoms with Crippen molar-refractivity contribution in [2.45, 2.75) is 13.0 Å². The van der Waals surface area contributed by atoms with E-state index >= 15 is 0 Å². The van der Waals surface area contributed by atoms with E-state index in [9.17, 15) is 14.9 Å². The van der Waals surface area contributed by atoms with E-state index in [2.05, 4.69) is 16.2 Å². The van der Waals surface area contributed by atoms with E-state index in [0.29, 0.717) is 6.61 Å². The Labute approximate surface area is 137 Å². The Morgan fingerprint density at radius 3 is 2.77 bits per heavy atom. The number of benzene rings is 1. The molecule has 10 heteroatoms. The molecular weight excluding hydrogens is 332 g/mol. The Hall–Kier alpha value is -1.97. The maximum absolute atomic E-state index is 12.0. The lowest BCUT2D eigenvalue weighted by Gasteiger charge is -2.16. The lowest BCUT2D eigenvalue weighted by atomic mass is 10.2. The first-order chi connectivity index (χ1) is 10.3. The second kappa shape index (κ2) is 8.47. The zero-order chi connectivity index (χ0) is 16.7.